The third-order valence-corrected chi connectivity index (χ3v) is 5.01. The van der Waals surface area contributed by atoms with Crippen LogP contribution in [0.2, 0.25) is 0 Å². The van der Waals surface area contributed by atoms with E-state index in [1.54, 1.807) is 6.26 Å². The van der Waals surface area contributed by atoms with Crippen LogP contribution in [0, 0.1) is 0 Å². The minimum absolute atomic E-state index is 0.536. The molecular formula is C23H28N6O. The van der Waals surface area contributed by atoms with Gasteiger partial charge in [0.05, 0.1) is 18.8 Å². The molecule has 4 rings (SSSR count). The molecule has 1 aromatic carbocycles. The van der Waals surface area contributed by atoms with E-state index < -0.39 is 0 Å². The fraction of sp³-hybridized carbons (Fsp3) is 0.348. The van der Waals surface area contributed by atoms with E-state index in [0.717, 1.165) is 48.2 Å². The van der Waals surface area contributed by atoms with Crippen molar-refractivity contribution in [1.29, 1.82) is 0 Å². The van der Waals surface area contributed by atoms with E-state index in [4.69, 9.17) is 4.42 Å². The summed E-state index contributed by atoms with van der Waals surface area (Å²) < 4.78 is 5.60. The van der Waals surface area contributed by atoms with Crippen molar-refractivity contribution in [2.75, 3.05) is 24.5 Å². The first kappa shape index (κ1) is 19.9. The third kappa shape index (κ3) is 5.17. The molecule has 7 heteroatoms. The first-order chi connectivity index (χ1) is 14.8. The highest BCUT2D eigenvalue weighted by Gasteiger charge is 2.13. The molecule has 0 unspecified atom stereocenters. The summed E-state index contributed by atoms with van der Waals surface area (Å²) in [6.07, 6.45) is 6.11. The van der Waals surface area contributed by atoms with Gasteiger partial charge in [-0.1, -0.05) is 24.3 Å². The van der Waals surface area contributed by atoms with Crippen molar-refractivity contribution in [3.8, 4) is 11.5 Å². The second-order valence-electron chi connectivity index (χ2n) is 7.28. The van der Waals surface area contributed by atoms with Crippen LogP contribution in [0.15, 0.2) is 64.3 Å². The topological polar surface area (TPSA) is 78.6 Å². The first-order valence-electron chi connectivity index (χ1n) is 10.5. The maximum Gasteiger partial charge on any atom is 0.226 e. The Bertz CT molecular complexity index is 945. The standard InChI is InChI=1S/C23H28N6O/c1-2-24-23(26-15-18-10-11-21(25-14-18)29-12-6-7-13-29)27-16-20-17-30-22(28-20)19-8-4-3-5-9-19/h3-5,8-11,14,17H,2,6-7,12-13,15-16H2,1H3,(H2,24,26,27). The Morgan fingerprint density at radius 1 is 1.10 bits per heavy atom. The molecule has 3 heterocycles. The summed E-state index contributed by atoms with van der Waals surface area (Å²) >= 11 is 0. The number of hydrogen-bond acceptors (Lipinski definition) is 5. The highest BCUT2D eigenvalue weighted by atomic mass is 16.3. The number of hydrogen-bond donors (Lipinski definition) is 2. The summed E-state index contributed by atoms with van der Waals surface area (Å²) in [4.78, 5) is 16.2. The number of aliphatic imine (C=N–C) groups is 1. The Morgan fingerprint density at radius 2 is 1.93 bits per heavy atom. The molecule has 2 aromatic heterocycles. The number of nitrogens with zero attached hydrogens (tertiary/aromatic N) is 4. The van der Waals surface area contributed by atoms with Crippen LogP contribution in [0.5, 0.6) is 0 Å². The van der Waals surface area contributed by atoms with E-state index in [-0.39, 0.29) is 0 Å². The SMILES string of the molecule is CCNC(=NCc1ccc(N2CCCC2)nc1)NCc1coc(-c2ccccc2)n1. The molecule has 0 bridgehead atoms. The average Bonchev–Trinajstić information content (AvgIpc) is 3.49. The third-order valence-electron chi connectivity index (χ3n) is 5.01. The summed E-state index contributed by atoms with van der Waals surface area (Å²) in [6.45, 7) is 6.14. The summed E-state index contributed by atoms with van der Waals surface area (Å²) in [6, 6.07) is 14.1. The lowest BCUT2D eigenvalue weighted by molar-refractivity contribution is 0.572. The van der Waals surface area contributed by atoms with Gasteiger partial charge in [-0.3, -0.25) is 0 Å². The first-order valence-corrected chi connectivity index (χ1v) is 10.5. The lowest BCUT2D eigenvalue weighted by atomic mass is 10.2. The van der Waals surface area contributed by atoms with Crippen LogP contribution in [-0.4, -0.2) is 35.6 Å². The van der Waals surface area contributed by atoms with Gasteiger partial charge in [-0.05, 0) is 43.5 Å². The normalized spacial score (nSPS) is 14.2. The number of rotatable bonds is 7. The van der Waals surface area contributed by atoms with Crippen molar-refractivity contribution in [2.45, 2.75) is 32.9 Å². The van der Waals surface area contributed by atoms with Gasteiger partial charge in [-0.15, -0.1) is 0 Å². The van der Waals surface area contributed by atoms with E-state index >= 15 is 0 Å². The van der Waals surface area contributed by atoms with Gasteiger partial charge in [0.1, 0.15) is 12.1 Å². The molecule has 3 aromatic rings. The van der Waals surface area contributed by atoms with Crippen molar-refractivity contribution >= 4 is 11.8 Å². The zero-order chi connectivity index (χ0) is 20.6. The Hall–Kier alpha value is -3.35. The van der Waals surface area contributed by atoms with Crippen molar-refractivity contribution in [2.24, 2.45) is 4.99 Å². The van der Waals surface area contributed by atoms with Gasteiger partial charge < -0.3 is 20.0 Å². The minimum atomic E-state index is 0.536. The van der Waals surface area contributed by atoms with Crippen molar-refractivity contribution in [1.82, 2.24) is 20.6 Å². The molecule has 7 nitrogen and oxygen atoms in total. The lowest BCUT2D eigenvalue weighted by Crippen LogP contribution is -2.36. The molecule has 1 fully saturated rings. The Labute approximate surface area is 177 Å². The van der Waals surface area contributed by atoms with Crippen LogP contribution < -0.4 is 15.5 Å². The number of nitrogens with one attached hydrogen (secondary N) is 2. The van der Waals surface area contributed by atoms with Crippen LogP contribution in [0.1, 0.15) is 31.0 Å². The summed E-state index contributed by atoms with van der Waals surface area (Å²) in [5.74, 6) is 2.43. The summed E-state index contributed by atoms with van der Waals surface area (Å²) in [5.41, 5.74) is 2.88. The molecule has 1 aliphatic heterocycles. The molecule has 0 radical (unpaired) electrons. The number of anilines is 1. The maximum absolute atomic E-state index is 5.60. The van der Waals surface area contributed by atoms with Crippen molar-refractivity contribution < 1.29 is 4.42 Å². The number of benzene rings is 1. The lowest BCUT2D eigenvalue weighted by Gasteiger charge is -2.16. The number of pyridine rings is 1. The van der Waals surface area contributed by atoms with Crippen LogP contribution in [0.4, 0.5) is 5.82 Å². The zero-order valence-corrected chi connectivity index (χ0v) is 17.3. The predicted molar refractivity (Wildman–Crippen MR) is 119 cm³/mol. The molecule has 0 amide bonds. The number of guanidine groups is 1. The van der Waals surface area contributed by atoms with Crippen molar-refractivity contribution in [3.05, 3.63) is 66.2 Å². The highest BCUT2D eigenvalue weighted by molar-refractivity contribution is 5.79. The number of aromatic nitrogens is 2. The minimum Gasteiger partial charge on any atom is -0.444 e. The molecule has 1 aliphatic rings. The molecule has 2 N–H and O–H groups in total. The monoisotopic (exact) mass is 404 g/mol. The van der Waals surface area contributed by atoms with Gasteiger partial charge in [0.25, 0.3) is 0 Å². The van der Waals surface area contributed by atoms with Gasteiger partial charge in [0.15, 0.2) is 5.96 Å². The fourth-order valence-corrected chi connectivity index (χ4v) is 3.43. The van der Waals surface area contributed by atoms with E-state index in [1.807, 2.05) is 43.5 Å². The smallest absolute Gasteiger partial charge is 0.226 e. The van der Waals surface area contributed by atoms with Crippen LogP contribution in [0.25, 0.3) is 11.5 Å². The van der Waals surface area contributed by atoms with Crippen molar-refractivity contribution in [3.63, 3.8) is 0 Å². The molecule has 0 spiro atoms. The van der Waals surface area contributed by atoms with Crippen LogP contribution >= 0.6 is 0 Å². The van der Waals surface area contributed by atoms with E-state index in [9.17, 15) is 0 Å². The average molecular weight is 405 g/mol. The Morgan fingerprint density at radius 3 is 2.67 bits per heavy atom. The van der Waals surface area contributed by atoms with Gasteiger partial charge in [-0.25, -0.2) is 15.0 Å². The zero-order valence-electron chi connectivity index (χ0n) is 17.3. The Kier molecular flexibility index (Phi) is 6.59. The molecule has 30 heavy (non-hydrogen) atoms. The largest absolute Gasteiger partial charge is 0.444 e. The maximum atomic E-state index is 5.60. The van der Waals surface area contributed by atoms with Crippen LogP contribution in [-0.2, 0) is 13.1 Å². The van der Waals surface area contributed by atoms with Gasteiger partial charge in [0, 0.05) is 31.4 Å². The number of oxazole rings is 1. The van der Waals surface area contributed by atoms with Gasteiger partial charge >= 0.3 is 0 Å². The van der Waals surface area contributed by atoms with E-state index in [1.165, 1.54) is 12.8 Å². The summed E-state index contributed by atoms with van der Waals surface area (Å²) in [7, 11) is 0. The molecule has 156 valence electrons. The molecule has 0 atom stereocenters. The Balaban J connectivity index is 1.34. The highest BCUT2D eigenvalue weighted by Crippen LogP contribution is 2.18. The molecular weight excluding hydrogens is 376 g/mol. The predicted octanol–water partition coefficient (Wildman–Crippen LogP) is 3.59. The summed E-state index contributed by atoms with van der Waals surface area (Å²) in [5, 5.41) is 6.59. The quantitative estimate of drug-likeness (QED) is 0.463. The van der Waals surface area contributed by atoms with E-state index in [2.05, 4.69) is 42.6 Å². The fourth-order valence-electron chi connectivity index (χ4n) is 3.43. The molecule has 0 aliphatic carbocycles. The molecule has 1 saturated heterocycles. The second kappa shape index (κ2) is 9.91. The van der Waals surface area contributed by atoms with Gasteiger partial charge in [-0.2, -0.15) is 0 Å². The molecule has 0 saturated carbocycles. The van der Waals surface area contributed by atoms with E-state index in [0.29, 0.717) is 19.0 Å². The second-order valence-corrected chi connectivity index (χ2v) is 7.28. The van der Waals surface area contributed by atoms with Crippen LogP contribution in [0.3, 0.4) is 0 Å². The van der Waals surface area contributed by atoms with Gasteiger partial charge in [0.2, 0.25) is 5.89 Å².